The Morgan fingerprint density at radius 1 is 1.32 bits per heavy atom. The topological polar surface area (TPSA) is 18.5 Å². The maximum Gasteiger partial charge on any atom is 0.0973 e. The van der Waals surface area contributed by atoms with Gasteiger partial charge in [0.2, 0.25) is 0 Å². The molecule has 2 saturated heterocycles. The van der Waals surface area contributed by atoms with E-state index in [0.29, 0.717) is 0 Å². The average molecular weight is 322 g/mol. The molecule has 0 radical (unpaired) electrons. The maximum atomic E-state index is 6.18. The van der Waals surface area contributed by atoms with Crippen LogP contribution >= 0.6 is 35.3 Å². The lowest BCUT2D eigenvalue weighted by Crippen LogP contribution is -2.49. The number of rotatable bonds is 3. The van der Waals surface area contributed by atoms with Crippen LogP contribution in [-0.2, 0) is 6.54 Å². The van der Waals surface area contributed by atoms with E-state index in [-0.39, 0.29) is 12.4 Å². The smallest absolute Gasteiger partial charge is 0.0973 e. The SMILES string of the molecule is Cl.Clc1sccc1CN1CCC(N2CCNCC2)C1. The predicted octanol–water partition coefficient (Wildman–Crippen LogP) is 2.30. The zero-order valence-electron chi connectivity index (χ0n) is 11.0. The van der Waals surface area contributed by atoms with Crippen molar-refractivity contribution in [2.75, 3.05) is 39.3 Å². The Morgan fingerprint density at radius 2 is 2.11 bits per heavy atom. The molecule has 6 heteroatoms. The molecule has 2 aliphatic rings. The van der Waals surface area contributed by atoms with E-state index < -0.39 is 0 Å². The highest BCUT2D eigenvalue weighted by molar-refractivity contribution is 7.14. The molecule has 1 N–H and O–H groups in total. The quantitative estimate of drug-likeness (QED) is 0.921. The molecule has 0 spiro atoms. The maximum absolute atomic E-state index is 6.18. The van der Waals surface area contributed by atoms with Crippen molar-refractivity contribution < 1.29 is 0 Å². The van der Waals surface area contributed by atoms with Crippen LogP contribution in [0.5, 0.6) is 0 Å². The van der Waals surface area contributed by atoms with Gasteiger partial charge in [-0.25, -0.2) is 0 Å². The van der Waals surface area contributed by atoms with Gasteiger partial charge < -0.3 is 5.32 Å². The van der Waals surface area contributed by atoms with Crippen LogP contribution < -0.4 is 5.32 Å². The first-order valence-electron chi connectivity index (χ1n) is 6.72. The number of hydrogen-bond donors (Lipinski definition) is 1. The van der Waals surface area contributed by atoms with Gasteiger partial charge in [0.05, 0.1) is 4.34 Å². The van der Waals surface area contributed by atoms with E-state index in [1.54, 1.807) is 11.3 Å². The van der Waals surface area contributed by atoms with Crippen LogP contribution in [0, 0.1) is 0 Å². The number of hydrogen-bond acceptors (Lipinski definition) is 4. The van der Waals surface area contributed by atoms with Gasteiger partial charge in [0.25, 0.3) is 0 Å². The number of likely N-dealkylation sites (tertiary alicyclic amines) is 1. The Hall–Kier alpha value is 0.160. The van der Waals surface area contributed by atoms with E-state index in [9.17, 15) is 0 Å². The summed E-state index contributed by atoms with van der Waals surface area (Å²) in [5.41, 5.74) is 1.29. The number of halogens is 2. The minimum Gasteiger partial charge on any atom is -0.314 e. The lowest BCUT2D eigenvalue weighted by Gasteiger charge is -2.32. The van der Waals surface area contributed by atoms with Gasteiger partial charge in [0.15, 0.2) is 0 Å². The van der Waals surface area contributed by atoms with Gasteiger partial charge in [-0.15, -0.1) is 23.7 Å². The molecule has 0 bridgehead atoms. The van der Waals surface area contributed by atoms with E-state index in [4.69, 9.17) is 11.6 Å². The van der Waals surface area contributed by atoms with Gasteiger partial charge in [-0.05, 0) is 23.4 Å². The summed E-state index contributed by atoms with van der Waals surface area (Å²) >= 11 is 7.81. The van der Waals surface area contributed by atoms with Crippen LogP contribution in [0.2, 0.25) is 4.34 Å². The van der Waals surface area contributed by atoms with Gasteiger partial charge in [0, 0.05) is 51.9 Å². The number of nitrogens with zero attached hydrogens (tertiary/aromatic N) is 2. The molecule has 0 saturated carbocycles. The zero-order chi connectivity index (χ0) is 12.4. The molecule has 3 nitrogen and oxygen atoms in total. The highest BCUT2D eigenvalue weighted by Crippen LogP contribution is 2.26. The van der Waals surface area contributed by atoms with Crippen molar-refractivity contribution >= 4 is 35.3 Å². The van der Waals surface area contributed by atoms with Gasteiger partial charge in [-0.1, -0.05) is 11.6 Å². The fourth-order valence-electron chi connectivity index (χ4n) is 2.97. The first kappa shape index (κ1) is 15.5. The molecule has 1 aromatic heterocycles. The van der Waals surface area contributed by atoms with E-state index in [0.717, 1.165) is 30.0 Å². The molecule has 3 rings (SSSR count). The summed E-state index contributed by atoms with van der Waals surface area (Å²) in [6, 6.07) is 2.91. The number of nitrogens with one attached hydrogen (secondary N) is 1. The average Bonchev–Trinajstić information content (AvgIpc) is 3.02. The fourth-order valence-corrected chi connectivity index (χ4v) is 3.89. The second-order valence-corrected chi connectivity index (χ2v) is 6.70. The van der Waals surface area contributed by atoms with Gasteiger partial charge >= 0.3 is 0 Å². The minimum absolute atomic E-state index is 0. The summed E-state index contributed by atoms with van der Waals surface area (Å²) in [5.74, 6) is 0. The van der Waals surface area contributed by atoms with Crippen molar-refractivity contribution in [3.63, 3.8) is 0 Å². The lowest BCUT2D eigenvalue weighted by atomic mass is 10.2. The van der Waals surface area contributed by atoms with Gasteiger partial charge in [-0.2, -0.15) is 0 Å². The molecule has 2 fully saturated rings. The van der Waals surface area contributed by atoms with E-state index >= 15 is 0 Å². The monoisotopic (exact) mass is 321 g/mol. The predicted molar refractivity (Wildman–Crippen MR) is 84.7 cm³/mol. The number of piperazine rings is 1. The van der Waals surface area contributed by atoms with Crippen LogP contribution in [0.1, 0.15) is 12.0 Å². The summed E-state index contributed by atoms with van der Waals surface area (Å²) in [5, 5.41) is 5.51. The Balaban J connectivity index is 0.00000133. The summed E-state index contributed by atoms with van der Waals surface area (Å²) in [7, 11) is 0. The molecular formula is C13H21Cl2N3S. The molecule has 1 atom stereocenters. The largest absolute Gasteiger partial charge is 0.314 e. The third kappa shape index (κ3) is 3.84. The molecule has 0 amide bonds. The van der Waals surface area contributed by atoms with Gasteiger partial charge in [-0.3, -0.25) is 9.80 Å². The Labute approximate surface area is 130 Å². The van der Waals surface area contributed by atoms with Crippen molar-refractivity contribution in [3.8, 4) is 0 Å². The fraction of sp³-hybridized carbons (Fsp3) is 0.692. The minimum atomic E-state index is 0. The van der Waals surface area contributed by atoms with E-state index in [2.05, 4.69) is 26.6 Å². The van der Waals surface area contributed by atoms with E-state index in [1.165, 1.54) is 38.2 Å². The summed E-state index contributed by atoms with van der Waals surface area (Å²) < 4.78 is 0.959. The Kier molecular flexibility index (Phi) is 5.93. The van der Waals surface area contributed by atoms with Crippen molar-refractivity contribution in [1.29, 1.82) is 0 Å². The zero-order valence-corrected chi connectivity index (χ0v) is 13.4. The van der Waals surface area contributed by atoms with Crippen molar-refractivity contribution in [1.82, 2.24) is 15.1 Å². The standard InChI is InChI=1S/C13H20ClN3S.ClH/c14-13-11(2-8-18-13)9-16-5-1-12(10-16)17-6-3-15-4-7-17;/h2,8,12,15H,1,3-7,9-10H2;1H. The molecule has 1 unspecified atom stereocenters. The highest BCUT2D eigenvalue weighted by atomic mass is 35.5. The summed E-state index contributed by atoms with van der Waals surface area (Å²) in [6.45, 7) is 8.13. The molecule has 108 valence electrons. The molecule has 19 heavy (non-hydrogen) atoms. The first-order valence-corrected chi connectivity index (χ1v) is 7.97. The summed E-state index contributed by atoms with van der Waals surface area (Å²) in [6.07, 6.45) is 1.31. The van der Waals surface area contributed by atoms with Crippen molar-refractivity contribution in [2.24, 2.45) is 0 Å². The van der Waals surface area contributed by atoms with Crippen molar-refractivity contribution in [2.45, 2.75) is 19.0 Å². The lowest BCUT2D eigenvalue weighted by molar-refractivity contribution is 0.170. The molecule has 0 aliphatic carbocycles. The van der Waals surface area contributed by atoms with E-state index in [1.807, 2.05) is 0 Å². The van der Waals surface area contributed by atoms with Crippen LogP contribution in [0.4, 0.5) is 0 Å². The normalized spacial score (nSPS) is 25.4. The molecule has 2 aliphatic heterocycles. The second-order valence-electron chi connectivity index (χ2n) is 5.18. The van der Waals surface area contributed by atoms with Crippen molar-refractivity contribution in [3.05, 3.63) is 21.3 Å². The molecular weight excluding hydrogens is 301 g/mol. The van der Waals surface area contributed by atoms with Crippen LogP contribution in [0.15, 0.2) is 11.4 Å². The third-order valence-electron chi connectivity index (χ3n) is 4.00. The molecule has 1 aromatic rings. The molecule has 0 aromatic carbocycles. The summed E-state index contributed by atoms with van der Waals surface area (Å²) in [4.78, 5) is 5.19. The Bertz CT molecular complexity index is 393. The first-order chi connectivity index (χ1) is 8.83. The third-order valence-corrected chi connectivity index (χ3v) is 5.25. The Morgan fingerprint density at radius 3 is 2.79 bits per heavy atom. The van der Waals surface area contributed by atoms with Crippen LogP contribution in [0.25, 0.3) is 0 Å². The second kappa shape index (κ2) is 7.25. The highest BCUT2D eigenvalue weighted by Gasteiger charge is 2.28. The number of thiophene rings is 1. The van der Waals surface area contributed by atoms with Crippen LogP contribution in [0.3, 0.4) is 0 Å². The van der Waals surface area contributed by atoms with Gasteiger partial charge in [0.1, 0.15) is 0 Å². The molecule has 3 heterocycles. The van der Waals surface area contributed by atoms with Crippen LogP contribution in [-0.4, -0.2) is 55.1 Å².